The molecule has 0 spiro atoms. The van der Waals surface area contributed by atoms with Gasteiger partial charge < -0.3 is 20.5 Å². The van der Waals surface area contributed by atoms with Crippen LogP contribution < -0.4 is 10.6 Å². The van der Waals surface area contributed by atoms with Crippen molar-refractivity contribution in [2.24, 2.45) is 11.3 Å². The van der Waals surface area contributed by atoms with Gasteiger partial charge in [0.25, 0.3) is 0 Å². The van der Waals surface area contributed by atoms with E-state index in [4.69, 9.17) is 9.84 Å². The Hall–Kier alpha value is -1.30. The van der Waals surface area contributed by atoms with Crippen LogP contribution >= 0.6 is 0 Å². The minimum Gasteiger partial charge on any atom is -0.480 e. The van der Waals surface area contributed by atoms with Crippen LogP contribution in [0, 0.1) is 11.3 Å². The number of carboxylic acid groups (broad SMARTS) is 1. The van der Waals surface area contributed by atoms with Crippen molar-refractivity contribution in [1.82, 2.24) is 10.6 Å². The zero-order valence-corrected chi connectivity index (χ0v) is 11.9. The van der Waals surface area contributed by atoms with Crippen LogP contribution in [0.1, 0.15) is 33.6 Å². The summed E-state index contributed by atoms with van der Waals surface area (Å²) in [6, 6.07) is -1.39. The van der Waals surface area contributed by atoms with Crippen LogP contribution in [0.3, 0.4) is 0 Å². The molecule has 1 atom stereocenters. The van der Waals surface area contributed by atoms with E-state index in [1.54, 1.807) is 20.8 Å². The third-order valence-corrected chi connectivity index (χ3v) is 2.97. The number of aliphatic carboxylic acids is 1. The summed E-state index contributed by atoms with van der Waals surface area (Å²) >= 11 is 0. The third-order valence-electron chi connectivity index (χ3n) is 2.97. The topological polar surface area (TPSA) is 87.7 Å². The zero-order chi connectivity index (χ0) is 14.5. The van der Waals surface area contributed by atoms with Crippen molar-refractivity contribution in [2.75, 3.05) is 19.8 Å². The normalized spacial score (nSPS) is 16.8. The molecule has 2 amide bonds. The Kier molecular flexibility index (Phi) is 5.60. The van der Waals surface area contributed by atoms with E-state index in [1.807, 2.05) is 0 Å². The molecule has 1 fully saturated rings. The van der Waals surface area contributed by atoms with Crippen molar-refractivity contribution >= 4 is 12.0 Å². The molecule has 1 aliphatic carbocycles. The average Bonchev–Trinajstić information content (AvgIpc) is 3.07. The minimum absolute atomic E-state index is 0.384. The SMILES string of the molecule is CC(C)(C)[C@@H](NC(=O)NCCOCC1CC1)C(=O)O. The molecular formula is C13H24N2O4. The van der Waals surface area contributed by atoms with Gasteiger partial charge in [-0.25, -0.2) is 9.59 Å². The van der Waals surface area contributed by atoms with E-state index in [2.05, 4.69) is 10.6 Å². The Morgan fingerprint density at radius 1 is 1.37 bits per heavy atom. The van der Waals surface area contributed by atoms with Gasteiger partial charge in [-0.1, -0.05) is 20.8 Å². The van der Waals surface area contributed by atoms with Gasteiger partial charge in [0.15, 0.2) is 0 Å². The first-order chi connectivity index (χ1) is 8.80. The van der Waals surface area contributed by atoms with Crippen molar-refractivity contribution in [2.45, 2.75) is 39.7 Å². The van der Waals surface area contributed by atoms with Crippen LogP contribution in [-0.2, 0) is 9.53 Å². The highest BCUT2D eigenvalue weighted by Gasteiger charge is 2.32. The highest BCUT2D eigenvalue weighted by Crippen LogP contribution is 2.28. The van der Waals surface area contributed by atoms with Crippen LogP contribution in [-0.4, -0.2) is 42.9 Å². The molecule has 19 heavy (non-hydrogen) atoms. The Bertz CT molecular complexity index is 321. The summed E-state index contributed by atoms with van der Waals surface area (Å²) in [6.07, 6.45) is 2.47. The summed E-state index contributed by atoms with van der Waals surface area (Å²) in [5, 5.41) is 14.1. The van der Waals surface area contributed by atoms with Gasteiger partial charge in [0, 0.05) is 13.2 Å². The first-order valence-corrected chi connectivity index (χ1v) is 6.65. The predicted molar refractivity (Wildman–Crippen MR) is 71.0 cm³/mol. The van der Waals surface area contributed by atoms with Crippen LogP contribution in [0.2, 0.25) is 0 Å². The lowest BCUT2D eigenvalue weighted by Gasteiger charge is -2.27. The summed E-state index contributed by atoms with van der Waals surface area (Å²) < 4.78 is 5.37. The van der Waals surface area contributed by atoms with Gasteiger partial charge in [-0.05, 0) is 24.2 Å². The molecule has 1 saturated carbocycles. The highest BCUT2D eigenvalue weighted by molar-refractivity contribution is 5.83. The summed E-state index contributed by atoms with van der Waals surface area (Å²) in [6.45, 7) is 6.90. The number of ether oxygens (including phenoxy) is 1. The van der Waals surface area contributed by atoms with Gasteiger partial charge in [0.2, 0.25) is 0 Å². The van der Waals surface area contributed by atoms with Crippen molar-refractivity contribution in [3.8, 4) is 0 Å². The monoisotopic (exact) mass is 272 g/mol. The number of urea groups is 1. The number of nitrogens with one attached hydrogen (secondary N) is 2. The van der Waals surface area contributed by atoms with Crippen LogP contribution in [0.4, 0.5) is 4.79 Å². The van der Waals surface area contributed by atoms with Crippen LogP contribution in [0.15, 0.2) is 0 Å². The fraction of sp³-hybridized carbons (Fsp3) is 0.846. The molecule has 0 aromatic rings. The molecule has 0 aliphatic heterocycles. The fourth-order valence-corrected chi connectivity index (χ4v) is 1.60. The maximum absolute atomic E-state index is 11.6. The number of hydrogen-bond acceptors (Lipinski definition) is 3. The minimum atomic E-state index is -1.03. The van der Waals surface area contributed by atoms with Crippen LogP contribution in [0.25, 0.3) is 0 Å². The van der Waals surface area contributed by atoms with Crippen molar-refractivity contribution in [1.29, 1.82) is 0 Å². The Labute approximate surface area is 113 Å². The predicted octanol–water partition coefficient (Wildman–Crippen LogP) is 1.21. The van der Waals surface area contributed by atoms with E-state index in [1.165, 1.54) is 12.8 Å². The van der Waals surface area contributed by atoms with E-state index in [-0.39, 0.29) is 0 Å². The standard InChI is InChI=1S/C13H24N2O4/c1-13(2,3)10(11(16)17)15-12(18)14-6-7-19-8-9-4-5-9/h9-10H,4-8H2,1-3H3,(H,16,17)(H2,14,15,18)/t10-/m0/s1. The molecule has 0 bridgehead atoms. The second-order valence-electron chi connectivity index (χ2n) is 6.06. The molecule has 6 nitrogen and oxygen atoms in total. The van der Waals surface area contributed by atoms with Crippen molar-refractivity contribution < 1.29 is 19.4 Å². The largest absolute Gasteiger partial charge is 0.480 e. The molecule has 110 valence electrons. The molecule has 1 aliphatic rings. The summed E-state index contributed by atoms with van der Waals surface area (Å²) in [4.78, 5) is 22.6. The second-order valence-corrected chi connectivity index (χ2v) is 6.06. The van der Waals surface area contributed by atoms with Crippen molar-refractivity contribution in [3.63, 3.8) is 0 Å². The molecule has 0 radical (unpaired) electrons. The van der Waals surface area contributed by atoms with E-state index < -0.39 is 23.5 Å². The van der Waals surface area contributed by atoms with Gasteiger partial charge in [-0.15, -0.1) is 0 Å². The average molecular weight is 272 g/mol. The molecular weight excluding hydrogens is 248 g/mol. The maximum Gasteiger partial charge on any atom is 0.326 e. The first-order valence-electron chi connectivity index (χ1n) is 6.65. The zero-order valence-electron chi connectivity index (χ0n) is 11.9. The summed E-state index contributed by atoms with van der Waals surface area (Å²) in [5.41, 5.74) is -0.536. The molecule has 0 aromatic carbocycles. The van der Waals surface area contributed by atoms with Gasteiger partial charge in [0.05, 0.1) is 6.61 Å². The molecule has 6 heteroatoms. The Morgan fingerprint density at radius 3 is 2.47 bits per heavy atom. The molecule has 0 aromatic heterocycles. The molecule has 3 N–H and O–H groups in total. The number of amides is 2. The third kappa shape index (κ3) is 6.42. The Morgan fingerprint density at radius 2 is 2.00 bits per heavy atom. The Balaban J connectivity index is 2.18. The lowest BCUT2D eigenvalue weighted by atomic mass is 9.87. The number of carboxylic acids is 1. The van der Waals surface area contributed by atoms with Crippen molar-refractivity contribution in [3.05, 3.63) is 0 Å². The fourth-order valence-electron chi connectivity index (χ4n) is 1.60. The van der Waals surface area contributed by atoms with Gasteiger partial charge in [0.1, 0.15) is 6.04 Å². The lowest BCUT2D eigenvalue weighted by molar-refractivity contribution is -0.141. The first kappa shape index (κ1) is 15.8. The quantitative estimate of drug-likeness (QED) is 0.608. The van der Waals surface area contributed by atoms with E-state index in [0.717, 1.165) is 6.61 Å². The second kappa shape index (κ2) is 6.75. The highest BCUT2D eigenvalue weighted by atomic mass is 16.5. The smallest absolute Gasteiger partial charge is 0.326 e. The summed E-state index contributed by atoms with van der Waals surface area (Å²) in [7, 11) is 0. The van der Waals surface area contributed by atoms with E-state index in [9.17, 15) is 9.59 Å². The number of carbonyl (C=O) groups excluding carboxylic acids is 1. The number of carbonyl (C=O) groups is 2. The number of rotatable bonds is 7. The summed E-state index contributed by atoms with van der Waals surface area (Å²) in [5.74, 6) is -0.334. The van der Waals surface area contributed by atoms with Crippen LogP contribution in [0.5, 0.6) is 0 Å². The van der Waals surface area contributed by atoms with Gasteiger partial charge in [-0.3, -0.25) is 0 Å². The lowest BCUT2D eigenvalue weighted by Crippen LogP contribution is -2.52. The van der Waals surface area contributed by atoms with E-state index in [0.29, 0.717) is 19.1 Å². The number of hydrogen-bond donors (Lipinski definition) is 3. The van der Waals surface area contributed by atoms with Gasteiger partial charge >= 0.3 is 12.0 Å². The maximum atomic E-state index is 11.6. The molecule has 0 heterocycles. The molecule has 0 unspecified atom stereocenters. The molecule has 0 saturated heterocycles. The van der Waals surface area contributed by atoms with E-state index >= 15 is 0 Å². The molecule has 1 rings (SSSR count). The van der Waals surface area contributed by atoms with Gasteiger partial charge in [-0.2, -0.15) is 0 Å².